The molecule has 4 aromatic rings. The van der Waals surface area contributed by atoms with Crippen molar-refractivity contribution < 1.29 is 22.7 Å². The Morgan fingerprint density at radius 3 is 2.37 bits per heavy atom. The molecule has 0 aliphatic heterocycles. The van der Waals surface area contributed by atoms with Crippen LogP contribution in [0.2, 0.25) is 0 Å². The molecule has 0 atom stereocenters. The summed E-state index contributed by atoms with van der Waals surface area (Å²) in [7, 11) is -3.83. The number of carbonyl (C=O) groups excluding carboxylic acids is 2. The third kappa shape index (κ3) is 5.53. The summed E-state index contributed by atoms with van der Waals surface area (Å²) in [6.45, 7) is 3.47. The number of nitrogens with one attached hydrogen (secondary N) is 1. The molecule has 1 aromatic heterocycles. The van der Waals surface area contributed by atoms with Crippen molar-refractivity contribution in [2.45, 2.75) is 18.7 Å². The first-order chi connectivity index (χ1) is 16.6. The van der Waals surface area contributed by atoms with E-state index in [1.54, 1.807) is 18.2 Å². The number of hydrogen-bond acceptors (Lipinski definition) is 6. The maximum absolute atomic E-state index is 13.0. The SMILES string of the molecule is Cc1ccc(-c2cc(C(=O)OCC(=O)Nc3ccc(S(N)(=O)=O)cc3)c3ccccc3n2)c(C)c1. The molecule has 0 fully saturated rings. The first-order valence-corrected chi connectivity index (χ1v) is 12.2. The van der Waals surface area contributed by atoms with Gasteiger partial charge >= 0.3 is 5.97 Å². The molecule has 1 amide bonds. The molecule has 0 saturated carbocycles. The number of aromatic nitrogens is 1. The van der Waals surface area contributed by atoms with Crippen molar-refractivity contribution in [2.75, 3.05) is 11.9 Å². The highest BCUT2D eigenvalue weighted by Crippen LogP contribution is 2.28. The van der Waals surface area contributed by atoms with E-state index in [0.29, 0.717) is 27.8 Å². The molecule has 0 radical (unpaired) electrons. The standard InChI is InChI=1S/C26H23N3O5S/c1-16-7-12-20(17(2)13-16)24-14-22(21-5-3-4-6-23(21)29-24)26(31)34-15-25(30)28-18-8-10-19(11-9-18)35(27,32)33/h3-14H,15H2,1-2H3,(H,28,30)(H2,27,32,33). The molecule has 3 aromatic carbocycles. The number of para-hydroxylation sites is 1. The Morgan fingerprint density at radius 1 is 0.971 bits per heavy atom. The molecular formula is C26H23N3O5S. The van der Waals surface area contributed by atoms with Gasteiger partial charge in [0.2, 0.25) is 10.0 Å². The molecule has 178 valence electrons. The summed E-state index contributed by atoms with van der Waals surface area (Å²) in [5.41, 5.74) is 4.96. The molecular weight excluding hydrogens is 466 g/mol. The molecule has 35 heavy (non-hydrogen) atoms. The van der Waals surface area contributed by atoms with E-state index >= 15 is 0 Å². The molecule has 0 saturated heterocycles. The third-order valence-electron chi connectivity index (χ3n) is 5.39. The van der Waals surface area contributed by atoms with Crippen LogP contribution < -0.4 is 10.5 Å². The number of anilines is 1. The number of fused-ring (bicyclic) bond motifs is 1. The van der Waals surface area contributed by atoms with Crippen LogP contribution in [0, 0.1) is 13.8 Å². The van der Waals surface area contributed by atoms with Gasteiger partial charge in [-0.05, 0) is 55.8 Å². The zero-order valence-corrected chi connectivity index (χ0v) is 19.9. The predicted molar refractivity (Wildman–Crippen MR) is 133 cm³/mol. The summed E-state index contributed by atoms with van der Waals surface area (Å²) in [4.78, 5) is 29.9. The number of nitrogens with two attached hydrogens (primary N) is 1. The van der Waals surface area contributed by atoms with Crippen molar-refractivity contribution in [1.82, 2.24) is 4.98 Å². The van der Waals surface area contributed by atoms with Gasteiger partial charge in [0.1, 0.15) is 0 Å². The van der Waals surface area contributed by atoms with Gasteiger partial charge in [-0.3, -0.25) is 4.79 Å². The number of rotatable bonds is 6. The maximum atomic E-state index is 13.0. The van der Waals surface area contributed by atoms with Crippen LogP contribution in [0.5, 0.6) is 0 Å². The summed E-state index contributed by atoms with van der Waals surface area (Å²) >= 11 is 0. The van der Waals surface area contributed by atoms with Gasteiger partial charge in [-0.15, -0.1) is 0 Å². The molecule has 0 spiro atoms. The van der Waals surface area contributed by atoms with E-state index in [-0.39, 0.29) is 4.90 Å². The largest absolute Gasteiger partial charge is 0.452 e. The highest BCUT2D eigenvalue weighted by molar-refractivity contribution is 7.89. The van der Waals surface area contributed by atoms with Crippen molar-refractivity contribution >= 4 is 38.5 Å². The Hall–Kier alpha value is -4.08. The lowest BCUT2D eigenvalue weighted by molar-refractivity contribution is -0.119. The molecule has 0 aliphatic carbocycles. The summed E-state index contributed by atoms with van der Waals surface area (Å²) in [6, 6.07) is 20.2. The molecule has 0 aliphatic rings. The summed E-state index contributed by atoms with van der Waals surface area (Å²) in [6.07, 6.45) is 0. The average Bonchev–Trinajstić information content (AvgIpc) is 2.81. The van der Waals surface area contributed by atoms with Crippen molar-refractivity contribution in [3.63, 3.8) is 0 Å². The minimum Gasteiger partial charge on any atom is -0.452 e. The van der Waals surface area contributed by atoms with Gasteiger partial charge in [0.25, 0.3) is 5.91 Å². The Bertz CT molecular complexity index is 1550. The Balaban J connectivity index is 1.54. The topological polar surface area (TPSA) is 128 Å². The van der Waals surface area contributed by atoms with Gasteiger partial charge in [0.05, 0.1) is 21.7 Å². The van der Waals surface area contributed by atoms with E-state index in [1.165, 1.54) is 24.3 Å². The van der Waals surface area contributed by atoms with Gasteiger partial charge < -0.3 is 10.1 Å². The fourth-order valence-corrected chi connectivity index (χ4v) is 4.23. The van der Waals surface area contributed by atoms with Crippen molar-refractivity contribution in [1.29, 1.82) is 0 Å². The van der Waals surface area contributed by atoms with E-state index in [2.05, 4.69) is 5.32 Å². The number of hydrogen-bond donors (Lipinski definition) is 2. The van der Waals surface area contributed by atoms with E-state index in [4.69, 9.17) is 14.9 Å². The van der Waals surface area contributed by atoms with Gasteiger partial charge in [-0.1, -0.05) is 42.0 Å². The fraction of sp³-hybridized carbons (Fsp3) is 0.115. The number of aryl methyl sites for hydroxylation is 2. The molecule has 1 heterocycles. The molecule has 3 N–H and O–H groups in total. The average molecular weight is 490 g/mol. The van der Waals surface area contributed by atoms with Crippen LogP contribution >= 0.6 is 0 Å². The lowest BCUT2D eigenvalue weighted by atomic mass is 9.99. The number of primary sulfonamides is 1. The first kappa shape index (κ1) is 24.1. The van der Waals surface area contributed by atoms with Crippen LogP contribution in [-0.4, -0.2) is 31.9 Å². The zero-order valence-electron chi connectivity index (χ0n) is 19.1. The monoisotopic (exact) mass is 489 g/mol. The number of esters is 1. The van der Waals surface area contributed by atoms with Crippen molar-refractivity contribution in [2.24, 2.45) is 5.14 Å². The highest BCUT2D eigenvalue weighted by Gasteiger charge is 2.17. The normalized spacial score (nSPS) is 11.3. The minimum absolute atomic E-state index is 0.0777. The Labute approximate surface area is 202 Å². The number of pyridine rings is 1. The number of carbonyl (C=O) groups is 2. The van der Waals surface area contributed by atoms with Crippen LogP contribution in [-0.2, 0) is 19.6 Å². The summed E-state index contributed by atoms with van der Waals surface area (Å²) in [5, 5.41) is 8.24. The van der Waals surface area contributed by atoms with Crippen LogP contribution in [0.3, 0.4) is 0 Å². The second-order valence-corrected chi connectivity index (χ2v) is 9.65. The van der Waals surface area contributed by atoms with Crippen LogP contribution in [0.15, 0.2) is 77.7 Å². The lowest BCUT2D eigenvalue weighted by Crippen LogP contribution is -2.21. The van der Waals surface area contributed by atoms with E-state index in [1.807, 2.05) is 44.2 Å². The van der Waals surface area contributed by atoms with Gasteiger partial charge in [0, 0.05) is 16.6 Å². The summed E-state index contributed by atoms with van der Waals surface area (Å²) < 4.78 is 28.0. The molecule has 0 unspecified atom stereocenters. The predicted octanol–water partition coefficient (Wildman–Crippen LogP) is 3.96. The number of amides is 1. The minimum atomic E-state index is -3.83. The Morgan fingerprint density at radius 2 is 1.69 bits per heavy atom. The third-order valence-corrected chi connectivity index (χ3v) is 6.32. The zero-order chi connectivity index (χ0) is 25.2. The second-order valence-electron chi connectivity index (χ2n) is 8.08. The first-order valence-electron chi connectivity index (χ1n) is 10.7. The van der Waals surface area contributed by atoms with Crippen LogP contribution in [0.4, 0.5) is 5.69 Å². The van der Waals surface area contributed by atoms with Crippen LogP contribution in [0.1, 0.15) is 21.5 Å². The van der Waals surface area contributed by atoms with E-state index < -0.39 is 28.5 Å². The van der Waals surface area contributed by atoms with E-state index in [0.717, 1.165) is 16.7 Å². The quantitative estimate of drug-likeness (QED) is 0.395. The van der Waals surface area contributed by atoms with Crippen molar-refractivity contribution in [3.05, 3.63) is 89.5 Å². The van der Waals surface area contributed by atoms with Gasteiger partial charge in [-0.25, -0.2) is 23.3 Å². The van der Waals surface area contributed by atoms with Crippen molar-refractivity contribution in [3.8, 4) is 11.3 Å². The smallest absolute Gasteiger partial charge is 0.339 e. The Kier molecular flexibility index (Phi) is 6.63. The lowest BCUT2D eigenvalue weighted by Gasteiger charge is -2.12. The second kappa shape index (κ2) is 9.65. The van der Waals surface area contributed by atoms with Gasteiger partial charge in [0.15, 0.2) is 6.61 Å². The molecule has 4 rings (SSSR count). The molecule has 9 heteroatoms. The van der Waals surface area contributed by atoms with Gasteiger partial charge in [-0.2, -0.15) is 0 Å². The fourth-order valence-electron chi connectivity index (χ4n) is 3.72. The number of benzene rings is 3. The molecule has 8 nitrogen and oxygen atoms in total. The summed E-state index contributed by atoms with van der Waals surface area (Å²) in [5.74, 6) is -1.23. The number of sulfonamides is 1. The maximum Gasteiger partial charge on any atom is 0.339 e. The number of ether oxygens (including phenoxy) is 1. The molecule has 0 bridgehead atoms. The highest BCUT2D eigenvalue weighted by atomic mass is 32.2. The van der Waals surface area contributed by atoms with E-state index in [9.17, 15) is 18.0 Å². The number of nitrogens with zero attached hydrogens (tertiary/aromatic N) is 1. The van der Waals surface area contributed by atoms with Crippen LogP contribution in [0.25, 0.3) is 22.2 Å².